The molecule has 3 aromatic rings. The highest BCUT2D eigenvalue weighted by atomic mass is 32.1. The van der Waals surface area contributed by atoms with Gasteiger partial charge in [-0.05, 0) is 42.7 Å². The van der Waals surface area contributed by atoms with Gasteiger partial charge < -0.3 is 24.8 Å². The maximum absolute atomic E-state index is 12.8. The predicted molar refractivity (Wildman–Crippen MR) is 124 cm³/mol. The Morgan fingerprint density at radius 2 is 1.53 bits per heavy atom. The molecule has 0 bridgehead atoms. The number of thiophene rings is 1. The van der Waals surface area contributed by atoms with E-state index in [0.29, 0.717) is 39.4 Å². The lowest BCUT2D eigenvalue weighted by atomic mass is 10.1. The fourth-order valence-corrected chi connectivity index (χ4v) is 4.15. The second kappa shape index (κ2) is 9.32. The van der Waals surface area contributed by atoms with Crippen molar-refractivity contribution in [1.82, 2.24) is 5.32 Å². The van der Waals surface area contributed by atoms with Crippen molar-refractivity contribution in [3.05, 3.63) is 59.0 Å². The summed E-state index contributed by atoms with van der Waals surface area (Å²) in [5, 5.41) is 5.85. The van der Waals surface area contributed by atoms with Crippen LogP contribution in [-0.2, 0) is 0 Å². The summed E-state index contributed by atoms with van der Waals surface area (Å²) in [4.78, 5) is 26.5. The molecule has 7 nitrogen and oxygen atoms in total. The fraction of sp³-hybridized carbons (Fsp3) is 0.250. The molecule has 1 fully saturated rings. The Morgan fingerprint density at radius 1 is 0.875 bits per heavy atom. The highest BCUT2D eigenvalue weighted by Crippen LogP contribution is 2.40. The van der Waals surface area contributed by atoms with Gasteiger partial charge in [0, 0.05) is 34.3 Å². The molecule has 0 radical (unpaired) electrons. The van der Waals surface area contributed by atoms with Crippen molar-refractivity contribution in [2.75, 3.05) is 26.6 Å². The number of benzene rings is 2. The molecule has 1 aliphatic carbocycles. The van der Waals surface area contributed by atoms with E-state index in [0.717, 1.165) is 23.3 Å². The highest BCUT2D eigenvalue weighted by Gasteiger charge is 2.23. The second-order valence-electron chi connectivity index (χ2n) is 7.36. The Bertz CT molecular complexity index is 1110. The van der Waals surface area contributed by atoms with E-state index in [2.05, 4.69) is 10.6 Å². The molecule has 1 aromatic heterocycles. The van der Waals surface area contributed by atoms with Gasteiger partial charge >= 0.3 is 0 Å². The van der Waals surface area contributed by atoms with E-state index in [1.165, 1.54) is 32.7 Å². The van der Waals surface area contributed by atoms with Gasteiger partial charge in [-0.15, -0.1) is 11.3 Å². The number of methoxy groups -OCH3 is 3. The molecular weight excluding hydrogens is 428 g/mol. The molecule has 2 amide bonds. The number of rotatable bonds is 8. The largest absolute Gasteiger partial charge is 0.493 e. The predicted octanol–water partition coefficient (Wildman–Crippen LogP) is 4.59. The molecule has 0 atom stereocenters. The van der Waals surface area contributed by atoms with Gasteiger partial charge in [-0.25, -0.2) is 0 Å². The van der Waals surface area contributed by atoms with E-state index >= 15 is 0 Å². The van der Waals surface area contributed by atoms with Crippen molar-refractivity contribution in [3.63, 3.8) is 0 Å². The van der Waals surface area contributed by atoms with E-state index in [4.69, 9.17) is 14.2 Å². The van der Waals surface area contributed by atoms with Crippen LogP contribution in [0.15, 0.2) is 48.5 Å². The monoisotopic (exact) mass is 452 g/mol. The van der Waals surface area contributed by atoms with Crippen molar-refractivity contribution in [3.8, 4) is 27.7 Å². The molecule has 1 saturated carbocycles. The van der Waals surface area contributed by atoms with Crippen molar-refractivity contribution in [1.29, 1.82) is 0 Å². The molecule has 32 heavy (non-hydrogen) atoms. The third-order valence-corrected chi connectivity index (χ3v) is 6.23. The van der Waals surface area contributed by atoms with Gasteiger partial charge in [0.05, 0.1) is 26.2 Å². The van der Waals surface area contributed by atoms with Gasteiger partial charge in [0.2, 0.25) is 5.75 Å². The molecule has 0 unspecified atom stereocenters. The second-order valence-corrected chi connectivity index (χ2v) is 8.44. The zero-order valence-electron chi connectivity index (χ0n) is 18.1. The lowest BCUT2D eigenvalue weighted by Crippen LogP contribution is -2.25. The summed E-state index contributed by atoms with van der Waals surface area (Å²) in [6.07, 6.45) is 2.11. The first-order valence-electron chi connectivity index (χ1n) is 10.1. The van der Waals surface area contributed by atoms with Crippen LogP contribution in [0.25, 0.3) is 10.4 Å². The third-order valence-electron chi connectivity index (χ3n) is 5.10. The summed E-state index contributed by atoms with van der Waals surface area (Å²) in [5.41, 5.74) is 2.12. The SMILES string of the molecule is COc1cc(NC(=O)c2ccc(-c3ccc(C(=O)NC4CC4)cc3)s2)cc(OC)c1OC. The topological polar surface area (TPSA) is 85.9 Å². The summed E-state index contributed by atoms with van der Waals surface area (Å²) >= 11 is 1.38. The number of hydrogen-bond donors (Lipinski definition) is 2. The molecular formula is C24H24N2O5S. The Morgan fingerprint density at radius 3 is 2.09 bits per heavy atom. The molecule has 1 heterocycles. The molecule has 2 N–H and O–H groups in total. The maximum Gasteiger partial charge on any atom is 0.265 e. The molecule has 2 aromatic carbocycles. The lowest BCUT2D eigenvalue weighted by molar-refractivity contribution is 0.0950. The number of carbonyl (C=O) groups excluding carboxylic acids is 2. The molecule has 166 valence electrons. The van der Waals surface area contributed by atoms with Crippen molar-refractivity contribution < 1.29 is 23.8 Å². The van der Waals surface area contributed by atoms with Crippen molar-refractivity contribution in [2.24, 2.45) is 0 Å². The van der Waals surface area contributed by atoms with Crippen LogP contribution in [0.1, 0.15) is 32.9 Å². The van der Waals surface area contributed by atoms with E-state index < -0.39 is 0 Å². The first-order valence-corrected chi connectivity index (χ1v) is 11.0. The van der Waals surface area contributed by atoms with Gasteiger partial charge in [0.15, 0.2) is 11.5 Å². The van der Waals surface area contributed by atoms with Crippen molar-refractivity contribution >= 4 is 28.8 Å². The Balaban J connectivity index is 1.47. The number of nitrogens with one attached hydrogen (secondary N) is 2. The first-order chi connectivity index (χ1) is 15.5. The quantitative estimate of drug-likeness (QED) is 0.522. The Hall–Kier alpha value is -3.52. The van der Waals surface area contributed by atoms with Crippen LogP contribution in [0.3, 0.4) is 0 Å². The van der Waals surface area contributed by atoms with E-state index in [1.54, 1.807) is 18.2 Å². The standard InChI is InChI=1S/C24H24N2O5S/c1-29-18-12-17(13-19(30-2)22(18)31-3)26-24(28)21-11-10-20(32-21)14-4-6-15(7-5-14)23(27)25-16-8-9-16/h4-7,10-13,16H,8-9H2,1-3H3,(H,25,27)(H,26,28). The summed E-state index contributed by atoms with van der Waals surface area (Å²) < 4.78 is 16.0. The van der Waals surface area contributed by atoms with E-state index in [-0.39, 0.29) is 11.8 Å². The number of amides is 2. The number of hydrogen-bond acceptors (Lipinski definition) is 6. The lowest BCUT2D eigenvalue weighted by Gasteiger charge is -2.14. The van der Waals surface area contributed by atoms with Crippen LogP contribution < -0.4 is 24.8 Å². The van der Waals surface area contributed by atoms with Gasteiger partial charge in [-0.3, -0.25) is 9.59 Å². The summed E-state index contributed by atoms with van der Waals surface area (Å²) in [7, 11) is 4.57. The van der Waals surface area contributed by atoms with Gasteiger partial charge in [0.25, 0.3) is 11.8 Å². The van der Waals surface area contributed by atoms with Gasteiger partial charge in [-0.1, -0.05) is 12.1 Å². The van der Waals surface area contributed by atoms with Crippen molar-refractivity contribution in [2.45, 2.75) is 18.9 Å². The molecule has 0 spiro atoms. The number of ether oxygens (including phenoxy) is 3. The fourth-order valence-electron chi connectivity index (χ4n) is 3.24. The Kier molecular flexibility index (Phi) is 6.32. The highest BCUT2D eigenvalue weighted by molar-refractivity contribution is 7.17. The first kappa shape index (κ1) is 21.7. The smallest absolute Gasteiger partial charge is 0.265 e. The van der Waals surface area contributed by atoms with Crippen LogP contribution in [0.2, 0.25) is 0 Å². The zero-order valence-corrected chi connectivity index (χ0v) is 18.9. The summed E-state index contributed by atoms with van der Waals surface area (Å²) in [5.74, 6) is 1.09. The average Bonchev–Trinajstić information content (AvgIpc) is 3.49. The van der Waals surface area contributed by atoms with Crippen LogP contribution in [-0.4, -0.2) is 39.2 Å². The Labute approximate surface area is 190 Å². The normalized spacial score (nSPS) is 12.7. The number of anilines is 1. The molecule has 0 aliphatic heterocycles. The van der Waals surface area contributed by atoms with Crippen LogP contribution >= 0.6 is 11.3 Å². The maximum atomic E-state index is 12.8. The minimum Gasteiger partial charge on any atom is -0.493 e. The minimum absolute atomic E-state index is 0.0457. The minimum atomic E-state index is -0.240. The third kappa shape index (κ3) is 4.70. The summed E-state index contributed by atoms with van der Waals surface area (Å²) in [6, 6.07) is 14.8. The van der Waals surface area contributed by atoms with Crippen LogP contribution in [0, 0.1) is 0 Å². The average molecular weight is 453 g/mol. The molecule has 0 saturated heterocycles. The van der Waals surface area contributed by atoms with E-state index in [1.807, 2.05) is 30.3 Å². The zero-order chi connectivity index (χ0) is 22.7. The molecule has 8 heteroatoms. The van der Waals surface area contributed by atoms with Gasteiger partial charge in [-0.2, -0.15) is 0 Å². The summed E-state index contributed by atoms with van der Waals surface area (Å²) in [6.45, 7) is 0. The van der Waals surface area contributed by atoms with Crippen LogP contribution in [0.4, 0.5) is 5.69 Å². The number of carbonyl (C=O) groups is 2. The molecule has 1 aliphatic rings. The van der Waals surface area contributed by atoms with E-state index in [9.17, 15) is 9.59 Å². The molecule has 4 rings (SSSR count). The van der Waals surface area contributed by atoms with Crippen LogP contribution in [0.5, 0.6) is 17.2 Å². The van der Waals surface area contributed by atoms with Gasteiger partial charge in [0.1, 0.15) is 0 Å².